The number of carbonyl (C=O) groups excluding carboxylic acids is 1. The quantitative estimate of drug-likeness (QED) is 0.467. The highest BCUT2D eigenvalue weighted by Gasteiger charge is 2.37. The van der Waals surface area contributed by atoms with Crippen LogP contribution in [0.2, 0.25) is 0 Å². The fourth-order valence-corrected chi connectivity index (χ4v) is 1.23. The van der Waals surface area contributed by atoms with E-state index in [1.165, 1.54) is 6.08 Å². The van der Waals surface area contributed by atoms with Crippen LogP contribution in [0.4, 0.5) is 8.78 Å². The third-order valence-corrected chi connectivity index (χ3v) is 1.84. The second-order valence-corrected chi connectivity index (χ2v) is 2.86. The Bertz CT molecular complexity index is 202. The Kier molecular flexibility index (Phi) is 2.89. The summed E-state index contributed by atoms with van der Waals surface area (Å²) in [6.45, 7) is 0.868. The van der Waals surface area contributed by atoms with Gasteiger partial charge < -0.3 is 0 Å². The van der Waals surface area contributed by atoms with E-state index in [0.29, 0.717) is 13.1 Å². The summed E-state index contributed by atoms with van der Waals surface area (Å²) in [6, 6.07) is 0. The topological polar surface area (TPSA) is 32.7 Å². The predicted molar refractivity (Wildman–Crippen MR) is 39.0 cm³/mol. The van der Waals surface area contributed by atoms with Crippen LogP contribution in [0, 0.1) is 0 Å². The van der Waals surface area contributed by atoms with Gasteiger partial charge >= 0.3 is 0 Å². The number of aliphatic imine (C=N–C) groups is 1. The highest BCUT2D eigenvalue weighted by molar-refractivity contribution is 5.32. The molecule has 0 aliphatic carbocycles. The van der Waals surface area contributed by atoms with E-state index >= 15 is 0 Å². The molecule has 0 aromatic carbocycles. The zero-order valence-electron chi connectivity index (χ0n) is 6.59. The molecule has 3 nitrogen and oxygen atoms in total. The fourth-order valence-electron chi connectivity index (χ4n) is 1.23. The predicted octanol–water partition coefficient (Wildman–Crippen LogP) is 0.663. The number of nitrogens with zero attached hydrogens (tertiary/aromatic N) is 2. The number of halogens is 2. The van der Waals surface area contributed by atoms with Gasteiger partial charge in [-0.05, 0) is 0 Å². The maximum absolute atomic E-state index is 12.6. The highest BCUT2D eigenvalue weighted by atomic mass is 19.3. The normalized spacial score (nSPS) is 22.2. The molecule has 1 heterocycles. The monoisotopic (exact) mass is 176 g/mol. The Morgan fingerprint density at radius 2 is 2.33 bits per heavy atom. The van der Waals surface area contributed by atoms with Crippen molar-refractivity contribution in [2.75, 3.05) is 26.2 Å². The molecule has 0 saturated carbocycles. The van der Waals surface area contributed by atoms with Crippen LogP contribution in [-0.4, -0.2) is 43.1 Å². The molecule has 1 aliphatic rings. The third kappa shape index (κ3) is 2.68. The fraction of sp³-hybridized carbons (Fsp3) is 0.857. The van der Waals surface area contributed by atoms with Gasteiger partial charge in [-0.25, -0.2) is 18.6 Å². The molecule has 0 N–H and O–H groups in total. The number of hydrogen-bond acceptors (Lipinski definition) is 3. The maximum atomic E-state index is 12.6. The minimum absolute atomic E-state index is 0.0855. The van der Waals surface area contributed by atoms with Gasteiger partial charge in [0.25, 0.3) is 5.92 Å². The zero-order valence-corrected chi connectivity index (χ0v) is 6.59. The summed E-state index contributed by atoms with van der Waals surface area (Å²) in [6.07, 6.45) is 1.29. The Morgan fingerprint density at radius 3 is 2.83 bits per heavy atom. The van der Waals surface area contributed by atoms with E-state index in [-0.39, 0.29) is 19.5 Å². The first-order valence-corrected chi connectivity index (χ1v) is 3.78. The summed E-state index contributed by atoms with van der Waals surface area (Å²) in [7, 11) is 0. The van der Waals surface area contributed by atoms with Crippen molar-refractivity contribution in [2.45, 2.75) is 12.3 Å². The van der Waals surface area contributed by atoms with Crippen LogP contribution in [-0.2, 0) is 4.79 Å². The van der Waals surface area contributed by atoms with E-state index in [1.54, 1.807) is 4.90 Å². The SMILES string of the molecule is O=C=NCCN1CCC(F)(F)C1. The smallest absolute Gasteiger partial charge is 0.261 e. The molecule has 1 saturated heterocycles. The largest absolute Gasteiger partial charge is 0.295 e. The van der Waals surface area contributed by atoms with Gasteiger partial charge in [0.1, 0.15) is 0 Å². The van der Waals surface area contributed by atoms with E-state index in [1.807, 2.05) is 0 Å². The van der Waals surface area contributed by atoms with Crippen molar-refractivity contribution in [3.63, 3.8) is 0 Å². The lowest BCUT2D eigenvalue weighted by atomic mass is 10.3. The van der Waals surface area contributed by atoms with Crippen LogP contribution in [0.1, 0.15) is 6.42 Å². The number of isocyanates is 1. The first-order chi connectivity index (χ1) is 5.64. The molecule has 0 unspecified atom stereocenters. The van der Waals surface area contributed by atoms with E-state index < -0.39 is 5.92 Å². The zero-order chi connectivity index (χ0) is 9.03. The lowest BCUT2D eigenvalue weighted by molar-refractivity contribution is 0.0125. The number of likely N-dealkylation sites (tertiary alicyclic amines) is 1. The van der Waals surface area contributed by atoms with Crippen LogP contribution in [0.3, 0.4) is 0 Å². The molecule has 0 aromatic rings. The minimum atomic E-state index is -2.55. The van der Waals surface area contributed by atoms with E-state index in [2.05, 4.69) is 4.99 Å². The van der Waals surface area contributed by atoms with Gasteiger partial charge in [0, 0.05) is 19.5 Å². The first kappa shape index (κ1) is 9.29. The lowest BCUT2D eigenvalue weighted by Gasteiger charge is -2.12. The number of hydrogen-bond donors (Lipinski definition) is 0. The van der Waals surface area contributed by atoms with E-state index in [0.717, 1.165) is 0 Å². The molecule has 1 fully saturated rings. The molecule has 0 amide bonds. The van der Waals surface area contributed by atoms with E-state index in [9.17, 15) is 13.6 Å². The summed E-state index contributed by atoms with van der Waals surface area (Å²) in [4.78, 5) is 14.5. The Balaban J connectivity index is 2.24. The molecule has 0 atom stereocenters. The van der Waals surface area contributed by atoms with Crippen LogP contribution in [0.5, 0.6) is 0 Å². The van der Waals surface area contributed by atoms with Gasteiger partial charge in [-0.1, -0.05) is 0 Å². The molecule has 0 bridgehead atoms. The molecule has 0 spiro atoms. The summed E-state index contributed by atoms with van der Waals surface area (Å²) in [5, 5.41) is 0. The number of rotatable bonds is 3. The van der Waals surface area contributed by atoms with Crippen molar-refractivity contribution in [3.05, 3.63) is 0 Å². The van der Waals surface area contributed by atoms with Crippen LogP contribution < -0.4 is 0 Å². The highest BCUT2D eigenvalue weighted by Crippen LogP contribution is 2.26. The van der Waals surface area contributed by atoms with Gasteiger partial charge in [-0.15, -0.1) is 0 Å². The molecule has 0 radical (unpaired) electrons. The summed E-state index contributed by atoms with van der Waals surface area (Å²) < 4.78 is 25.1. The molecule has 5 heteroatoms. The molecule has 1 aliphatic heterocycles. The lowest BCUT2D eigenvalue weighted by Crippen LogP contribution is -2.27. The Morgan fingerprint density at radius 1 is 1.58 bits per heavy atom. The Hall–Kier alpha value is -0.800. The molecule has 1 rings (SSSR count). The van der Waals surface area contributed by atoms with Crippen molar-refractivity contribution >= 4 is 6.08 Å². The molecular weight excluding hydrogens is 166 g/mol. The minimum Gasteiger partial charge on any atom is -0.295 e. The molecule has 0 aromatic heterocycles. The van der Waals surface area contributed by atoms with Crippen molar-refractivity contribution < 1.29 is 13.6 Å². The van der Waals surface area contributed by atoms with Crippen molar-refractivity contribution in [1.82, 2.24) is 4.90 Å². The molecule has 68 valence electrons. The van der Waals surface area contributed by atoms with Crippen molar-refractivity contribution in [1.29, 1.82) is 0 Å². The maximum Gasteiger partial charge on any atom is 0.261 e. The number of alkyl halides is 2. The van der Waals surface area contributed by atoms with Gasteiger partial charge in [-0.2, -0.15) is 0 Å². The van der Waals surface area contributed by atoms with Gasteiger partial charge in [-0.3, -0.25) is 4.90 Å². The van der Waals surface area contributed by atoms with Gasteiger partial charge in [0.2, 0.25) is 6.08 Å². The average Bonchev–Trinajstić information content (AvgIpc) is 2.31. The van der Waals surface area contributed by atoms with Crippen molar-refractivity contribution in [3.8, 4) is 0 Å². The summed E-state index contributed by atoms with van der Waals surface area (Å²) in [5.41, 5.74) is 0. The average molecular weight is 176 g/mol. The summed E-state index contributed by atoms with van der Waals surface area (Å²) >= 11 is 0. The second kappa shape index (κ2) is 3.74. The van der Waals surface area contributed by atoms with Gasteiger partial charge in [0.05, 0.1) is 13.1 Å². The van der Waals surface area contributed by atoms with Crippen molar-refractivity contribution in [2.24, 2.45) is 4.99 Å². The standard InChI is InChI=1S/C7H10F2N2O/c8-7(9)1-3-11(5-7)4-2-10-6-12/h1-5H2. The van der Waals surface area contributed by atoms with Crippen LogP contribution in [0.15, 0.2) is 4.99 Å². The summed E-state index contributed by atoms with van der Waals surface area (Å²) in [5.74, 6) is -2.55. The second-order valence-electron chi connectivity index (χ2n) is 2.86. The van der Waals surface area contributed by atoms with Crippen LogP contribution in [0.25, 0.3) is 0 Å². The third-order valence-electron chi connectivity index (χ3n) is 1.84. The van der Waals surface area contributed by atoms with Gasteiger partial charge in [0.15, 0.2) is 0 Å². The molecule has 12 heavy (non-hydrogen) atoms. The van der Waals surface area contributed by atoms with E-state index in [4.69, 9.17) is 0 Å². The van der Waals surface area contributed by atoms with Crippen LogP contribution >= 0.6 is 0 Å². The molecular formula is C7H10F2N2O. The first-order valence-electron chi connectivity index (χ1n) is 3.78. The Labute approximate surface area is 69.1 Å².